The number of morpholine rings is 1. The summed E-state index contributed by atoms with van der Waals surface area (Å²) in [6.45, 7) is 5.81. The lowest BCUT2D eigenvalue weighted by atomic mass is 10.2. The average molecular weight is 230 g/mol. The Hall–Kier alpha value is -1.48. The summed E-state index contributed by atoms with van der Waals surface area (Å²) in [5.41, 5.74) is 3.92. The topological polar surface area (TPSA) is 17.4 Å². The molecule has 0 aliphatic carbocycles. The Bertz CT molecular complexity index is 538. The van der Waals surface area contributed by atoms with Gasteiger partial charge in [-0.2, -0.15) is 0 Å². The van der Waals surface area contributed by atoms with Crippen molar-refractivity contribution in [3.63, 3.8) is 0 Å². The van der Waals surface area contributed by atoms with Gasteiger partial charge in [-0.1, -0.05) is 6.07 Å². The third-order valence-electron chi connectivity index (χ3n) is 3.65. The van der Waals surface area contributed by atoms with Crippen LogP contribution < -0.4 is 4.90 Å². The molecule has 1 fully saturated rings. The maximum atomic E-state index is 5.39. The SMILES string of the molecule is Cc1cc2ccc(N3CCOCC3)cc2n1C. The molecule has 90 valence electrons. The molecule has 0 radical (unpaired) electrons. The fraction of sp³-hybridized carbons (Fsp3) is 0.429. The molecular formula is C14H18N2O. The largest absolute Gasteiger partial charge is 0.378 e. The van der Waals surface area contributed by atoms with Crippen molar-refractivity contribution < 1.29 is 4.74 Å². The summed E-state index contributed by atoms with van der Waals surface area (Å²) in [6, 6.07) is 8.95. The molecular weight excluding hydrogens is 212 g/mol. The van der Waals surface area contributed by atoms with Crippen molar-refractivity contribution in [1.82, 2.24) is 4.57 Å². The maximum Gasteiger partial charge on any atom is 0.0642 e. The van der Waals surface area contributed by atoms with Gasteiger partial charge in [0.05, 0.1) is 18.7 Å². The van der Waals surface area contributed by atoms with Gasteiger partial charge in [-0.05, 0) is 30.5 Å². The molecule has 3 heteroatoms. The van der Waals surface area contributed by atoms with Crippen LogP contribution in [0.1, 0.15) is 5.69 Å². The van der Waals surface area contributed by atoms with E-state index in [4.69, 9.17) is 4.74 Å². The quantitative estimate of drug-likeness (QED) is 0.748. The minimum Gasteiger partial charge on any atom is -0.378 e. The molecule has 0 spiro atoms. The average Bonchev–Trinajstić information content (AvgIpc) is 2.66. The summed E-state index contributed by atoms with van der Waals surface area (Å²) in [5, 5.41) is 1.32. The second kappa shape index (κ2) is 4.08. The summed E-state index contributed by atoms with van der Waals surface area (Å²) in [6.07, 6.45) is 0. The molecule has 0 atom stereocenters. The zero-order valence-electron chi connectivity index (χ0n) is 10.4. The van der Waals surface area contributed by atoms with Crippen molar-refractivity contribution in [3.8, 4) is 0 Å². The third kappa shape index (κ3) is 1.80. The second-order valence-corrected chi connectivity index (χ2v) is 4.69. The number of ether oxygens (including phenoxy) is 1. The Morgan fingerprint density at radius 2 is 1.88 bits per heavy atom. The van der Waals surface area contributed by atoms with Crippen molar-refractivity contribution in [2.24, 2.45) is 7.05 Å². The molecule has 1 aromatic carbocycles. The van der Waals surface area contributed by atoms with E-state index in [1.54, 1.807) is 0 Å². The summed E-state index contributed by atoms with van der Waals surface area (Å²) >= 11 is 0. The Kier molecular flexibility index (Phi) is 2.56. The van der Waals surface area contributed by atoms with E-state index >= 15 is 0 Å². The molecule has 1 aromatic heterocycles. The van der Waals surface area contributed by atoms with E-state index in [-0.39, 0.29) is 0 Å². The number of aromatic nitrogens is 1. The van der Waals surface area contributed by atoms with Gasteiger partial charge in [-0.25, -0.2) is 0 Å². The Morgan fingerprint density at radius 3 is 2.65 bits per heavy atom. The van der Waals surface area contributed by atoms with Crippen molar-refractivity contribution >= 4 is 16.6 Å². The number of benzene rings is 1. The van der Waals surface area contributed by atoms with Crippen LogP contribution >= 0.6 is 0 Å². The van der Waals surface area contributed by atoms with E-state index in [0.29, 0.717) is 0 Å². The Labute approximate surface area is 102 Å². The highest BCUT2D eigenvalue weighted by molar-refractivity contribution is 5.84. The maximum absolute atomic E-state index is 5.39. The molecule has 1 aliphatic rings. The second-order valence-electron chi connectivity index (χ2n) is 4.69. The first-order valence-corrected chi connectivity index (χ1v) is 6.14. The molecule has 0 amide bonds. The highest BCUT2D eigenvalue weighted by Crippen LogP contribution is 2.25. The monoisotopic (exact) mass is 230 g/mol. The molecule has 2 heterocycles. The highest BCUT2D eigenvalue weighted by atomic mass is 16.5. The van der Waals surface area contributed by atoms with Crippen LogP contribution in [-0.2, 0) is 11.8 Å². The van der Waals surface area contributed by atoms with E-state index in [2.05, 4.69) is 47.7 Å². The third-order valence-corrected chi connectivity index (χ3v) is 3.65. The van der Waals surface area contributed by atoms with Gasteiger partial charge in [0.2, 0.25) is 0 Å². The predicted octanol–water partition coefficient (Wildman–Crippen LogP) is 2.32. The first-order valence-electron chi connectivity index (χ1n) is 6.14. The molecule has 3 rings (SSSR count). The van der Waals surface area contributed by atoms with Crippen molar-refractivity contribution in [1.29, 1.82) is 0 Å². The lowest BCUT2D eigenvalue weighted by molar-refractivity contribution is 0.122. The zero-order valence-corrected chi connectivity index (χ0v) is 10.4. The fourth-order valence-electron chi connectivity index (χ4n) is 2.47. The van der Waals surface area contributed by atoms with Crippen molar-refractivity contribution in [2.45, 2.75) is 6.92 Å². The van der Waals surface area contributed by atoms with Gasteiger partial charge in [-0.3, -0.25) is 0 Å². The lowest BCUT2D eigenvalue weighted by Crippen LogP contribution is -2.36. The van der Waals surface area contributed by atoms with Gasteiger partial charge in [0.1, 0.15) is 0 Å². The smallest absolute Gasteiger partial charge is 0.0642 e. The van der Waals surface area contributed by atoms with Gasteiger partial charge >= 0.3 is 0 Å². The number of aryl methyl sites for hydroxylation is 2. The molecule has 0 bridgehead atoms. The normalized spacial score (nSPS) is 16.7. The van der Waals surface area contributed by atoms with Crippen LogP contribution in [0.2, 0.25) is 0 Å². The standard InChI is InChI=1S/C14H18N2O/c1-11-9-12-3-4-13(10-14(12)15(11)2)16-5-7-17-8-6-16/h3-4,9-10H,5-8H2,1-2H3. The van der Waals surface area contributed by atoms with E-state index in [0.717, 1.165) is 26.3 Å². The number of anilines is 1. The molecule has 0 N–H and O–H groups in total. The van der Waals surface area contributed by atoms with Crippen LogP contribution in [-0.4, -0.2) is 30.9 Å². The molecule has 2 aromatic rings. The van der Waals surface area contributed by atoms with E-state index in [9.17, 15) is 0 Å². The van der Waals surface area contributed by atoms with Crippen LogP contribution in [0.3, 0.4) is 0 Å². The van der Waals surface area contributed by atoms with E-state index in [1.807, 2.05) is 0 Å². The van der Waals surface area contributed by atoms with Gasteiger partial charge < -0.3 is 14.2 Å². The number of hydrogen-bond acceptors (Lipinski definition) is 2. The van der Waals surface area contributed by atoms with Crippen molar-refractivity contribution in [2.75, 3.05) is 31.2 Å². The van der Waals surface area contributed by atoms with Gasteiger partial charge in [-0.15, -0.1) is 0 Å². The lowest BCUT2D eigenvalue weighted by Gasteiger charge is -2.28. The molecule has 17 heavy (non-hydrogen) atoms. The summed E-state index contributed by atoms with van der Waals surface area (Å²) in [5.74, 6) is 0. The summed E-state index contributed by atoms with van der Waals surface area (Å²) in [4.78, 5) is 2.39. The summed E-state index contributed by atoms with van der Waals surface area (Å²) < 4.78 is 7.64. The molecule has 3 nitrogen and oxygen atoms in total. The minimum atomic E-state index is 0.838. The first-order chi connectivity index (χ1) is 8.25. The first kappa shape index (κ1) is 10.7. The predicted molar refractivity (Wildman–Crippen MR) is 70.7 cm³/mol. The molecule has 0 saturated carbocycles. The van der Waals surface area contributed by atoms with E-state index < -0.39 is 0 Å². The number of fused-ring (bicyclic) bond motifs is 1. The number of nitrogens with zero attached hydrogens (tertiary/aromatic N) is 2. The number of hydrogen-bond donors (Lipinski definition) is 0. The molecule has 1 saturated heterocycles. The number of rotatable bonds is 1. The van der Waals surface area contributed by atoms with Crippen LogP contribution in [0.25, 0.3) is 10.9 Å². The van der Waals surface area contributed by atoms with Crippen LogP contribution in [0.5, 0.6) is 0 Å². The highest BCUT2D eigenvalue weighted by Gasteiger charge is 2.12. The zero-order chi connectivity index (χ0) is 11.8. The van der Waals surface area contributed by atoms with E-state index in [1.165, 1.54) is 22.3 Å². The van der Waals surface area contributed by atoms with Gasteiger partial charge in [0.15, 0.2) is 0 Å². The fourth-order valence-corrected chi connectivity index (χ4v) is 2.47. The Morgan fingerprint density at radius 1 is 1.12 bits per heavy atom. The van der Waals surface area contributed by atoms with Gasteiger partial charge in [0, 0.05) is 31.5 Å². The summed E-state index contributed by atoms with van der Waals surface area (Å²) in [7, 11) is 2.13. The molecule has 0 unspecified atom stereocenters. The van der Waals surface area contributed by atoms with Crippen LogP contribution in [0.15, 0.2) is 24.3 Å². The molecule has 1 aliphatic heterocycles. The van der Waals surface area contributed by atoms with Crippen molar-refractivity contribution in [3.05, 3.63) is 30.0 Å². The van der Waals surface area contributed by atoms with Crippen LogP contribution in [0.4, 0.5) is 5.69 Å². The van der Waals surface area contributed by atoms with Gasteiger partial charge in [0.25, 0.3) is 0 Å². The van der Waals surface area contributed by atoms with Crippen LogP contribution in [0, 0.1) is 6.92 Å². The Balaban J connectivity index is 2.02. The minimum absolute atomic E-state index is 0.838.